The number of hydrogen-bond acceptors (Lipinski definition) is 5. The van der Waals surface area contributed by atoms with Crippen molar-refractivity contribution in [2.75, 3.05) is 12.3 Å². The quantitative estimate of drug-likeness (QED) is 0.479. The van der Waals surface area contributed by atoms with Crippen molar-refractivity contribution in [1.29, 1.82) is 0 Å². The molecule has 5 nitrogen and oxygen atoms in total. The number of unbranched alkanes of at least 4 members (excludes halogenated alkanes) is 1. The first-order valence-electron chi connectivity index (χ1n) is 10.2. The summed E-state index contributed by atoms with van der Waals surface area (Å²) in [4.78, 5) is 14.3. The molecule has 0 fully saturated rings. The number of nitrogen functional groups attached to an aromatic ring is 1. The van der Waals surface area contributed by atoms with Crippen molar-refractivity contribution in [2.45, 2.75) is 38.5 Å². The topological polar surface area (TPSA) is 73.4 Å². The van der Waals surface area contributed by atoms with E-state index in [-0.39, 0.29) is 5.92 Å². The van der Waals surface area contributed by atoms with E-state index in [0.29, 0.717) is 12.6 Å². The van der Waals surface area contributed by atoms with E-state index in [1.165, 1.54) is 16.7 Å². The van der Waals surface area contributed by atoms with Crippen LogP contribution in [0.25, 0.3) is 11.1 Å². The zero-order chi connectivity index (χ0) is 20.1. The molecule has 2 N–H and O–H groups in total. The Balaban J connectivity index is 1.71. The van der Waals surface area contributed by atoms with Crippen molar-refractivity contribution in [3.05, 3.63) is 77.6 Å². The number of nitrogens with two attached hydrogens (primary N) is 1. The molecule has 1 aromatic heterocycles. The van der Waals surface area contributed by atoms with Crippen LogP contribution >= 0.6 is 0 Å². The maximum absolute atomic E-state index is 5.88. The fraction of sp³-hybridized carbons (Fsp3) is 0.292. The fourth-order valence-corrected chi connectivity index (χ4v) is 3.85. The second-order valence-corrected chi connectivity index (χ2v) is 7.37. The van der Waals surface area contributed by atoms with Crippen LogP contribution in [0.3, 0.4) is 0 Å². The third-order valence-electron chi connectivity index (χ3n) is 5.33. The van der Waals surface area contributed by atoms with E-state index in [1.807, 2.05) is 6.07 Å². The third kappa shape index (κ3) is 4.29. The lowest BCUT2D eigenvalue weighted by Gasteiger charge is -2.27. The van der Waals surface area contributed by atoms with E-state index in [9.17, 15) is 0 Å². The molecule has 0 radical (unpaired) electrons. The highest BCUT2D eigenvalue weighted by Gasteiger charge is 2.28. The number of rotatable bonds is 6. The van der Waals surface area contributed by atoms with Crippen LogP contribution in [-0.2, 0) is 11.3 Å². The van der Waals surface area contributed by atoms with Gasteiger partial charge in [-0.3, -0.25) is 0 Å². The Morgan fingerprint density at radius 2 is 1.83 bits per heavy atom. The summed E-state index contributed by atoms with van der Waals surface area (Å²) >= 11 is 0. The molecule has 0 saturated carbocycles. The molecule has 2 aromatic carbocycles. The lowest BCUT2D eigenvalue weighted by Crippen LogP contribution is -2.22. The standard InChI is InChI=1S/C24H26N4O/c1-2-3-13-29-28-23-15-18(14-22-21(23)16-26-24(25)27-22)20-12-8-7-11-19(20)17-9-5-4-6-10-17/h4-12,16,18H,2-3,13-15H2,1H3,(H2,25,26,27)/b28-23+. The molecule has 4 rings (SSSR count). The van der Waals surface area contributed by atoms with Gasteiger partial charge in [0.1, 0.15) is 6.61 Å². The van der Waals surface area contributed by atoms with E-state index in [4.69, 9.17) is 10.6 Å². The first kappa shape index (κ1) is 19.1. The van der Waals surface area contributed by atoms with E-state index < -0.39 is 0 Å². The zero-order valence-electron chi connectivity index (χ0n) is 16.7. The Kier molecular flexibility index (Phi) is 5.84. The maximum Gasteiger partial charge on any atom is 0.220 e. The lowest BCUT2D eigenvalue weighted by atomic mass is 9.79. The maximum atomic E-state index is 5.88. The molecule has 0 aliphatic heterocycles. The fourth-order valence-electron chi connectivity index (χ4n) is 3.85. The van der Waals surface area contributed by atoms with E-state index >= 15 is 0 Å². The Morgan fingerprint density at radius 3 is 2.66 bits per heavy atom. The summed E-state index contributed by atoms with van der Waals surface area (Å²) in [6.45, 7) is 2.76. The molecular weight excluding hydrogens is 360 g/mol. The van der Waals surface area contributed by atoms with E-state index in [2.05, 4.69) is 70.6 Å². The number of oxime groups is 1. The minimum absolute atomic E-state index is 0.252. The number of fused-ring (bicyclic) bond motifs is 1. The summed E-state index contributed by atoms with van der Waals surface area (Å²) in [5.74, 6) is 0.550. The molecule has 148 valence electrons. The molecular formula is C24H26N4O. The van der Waals surface area contributed by atoms with Gasteiger partial charge in [-0.25, -0.2) is 9.97 Å². The highest BCUT2D eigenvalue weighted by molar-refractivity contribution is 6.02. The summed E-state index contributed by atoms with van der Waals surface area (Å²) in [6.07, 6.45) is 5.44. The van der Waals surface area contributed by atoms with Gasteiger partial charge in [-0.05, 0) is 35.4 Å². The number of benzene rings is 2. The van der Waals surface area contributed by atoms with Crippen LogP contribution < -0.4 is 5.73 Å². The molecule has 0 saturated heterocycles. The summed E-state index contributed by atoms with van der Waals surface area (Å²) in [5.41, 5.74) is 12.4. The van der Waals surface area contributed by atoms with Gasteiger partial charge < -0.3 is 10.6 Å². The van der Waals surface area contributed by atoms with E-state index in [1.54, 1.807) is 6.20 Å². The molecule has 3 aromatic rings. The van der Waals surface area contributed by atoms with Crippen LogP contribution in [0.15, 0.2) is 65.9 Å². The van der Waals surface area contributed by atoms with Crippen LogP contribution in [0.1, 0.15) is 48.9 Å². The van der Waals surface area contributed by atoms with Crippen molar-refractivity contribution in [3.63, 3.8) is 0 Å². The monoisotopic (exact) mass is 386 g/mol. The molecule has 1 atom stereocenters. The summed E-state index contributed by atoms with van der Waals surface area (Å²) in [5, 5.41) is 4.47. The third-order valence-corrected chi connectivity index (χ3v) is 5.33. The predicted octanol–water partition coefficient (Wildman–Crippen LogP) is 4.98. The minimum Gasteiger partial charge on any atom is -0.396 e. The lowest BCUT2D eigenvalue weighted by molar-refractivity contribution is 0.140. The Hall–Kier alpha value is -3.21. The molecule has 1 aliphatic carbocycles. The van der Waals surface area contributed by atoms with Gasteiger partial charge in [0.2, 0.25) is 5.95 Å². The first-order valence-corrected chi connectivity index (χ1v) is 10.2. The van der Waals surface area contributed by atoms with Crippen molar-refractivity contribution in [2.24, 2.45) is 5.16 Å². The van der Waals surface area contributed by atoms with Gasteiger partial charge in [0.25, 0.3) is 0 Å². The SMILES string of the molecule is CCCCO/N=C1\CC(c2ccccc2-c2ccccc2)Cc2nc(N)ncc21. The Labute approximate surface area is 171 Å². The molecule has 1 aliphatic rings. The van der Waals surface area contributed by atoms with Gasteiger partial charge in [-0.15, -0.1) is 0 Å². The Morgan fingerprint density at radius 1 is 1.03 bits per heavy atom. The average Bonchev–Trinajstić information content (AvgIpc) is 2.77. The number of anilines is 1. The number of aromatic nitrogens is 2. The average molecular weight is 386 g/mol. The molecule has 1 heterocycles. The van der Waals surface area contributed by atoms with E-state index in [0.717, 1.165) is 42.7 Å². The molecule has 29 heavy (non-hydrogen) atoms. The summed E-state index contributed by atoms with van der Waals surface area (Å²) < 4.78 is 0. The summed E-state index contributed by atoms with van der Waals surface area (Å²) in [7, 11) is 0. The van der Waals surface area contributed by atoms with Crippen molar-refractivity contribution < 1.29 is 4.84 Å². The molecule has 1 unspecified atom stereocenters. The largest absolute Gasteiger partial charge is 0.396 e. The van der Waals surface area contributed by atoms with Crippen LogP contribution in [-0.4, -0.2) is 22.3 Å². The van der Waals surface area contributed by atoms with Gasteiger partial charge in [-0.2, -0.15) is 0 Å². The highest BCUT2D eigenvalue weighted by Crippen LogP contribution is 2.37. The Bertz CT molecular complexity index is 1000. The minimum atomic E-state index is 0.252. The first-order chi connectivity index (χ1) is 14.3. The summed E-state index contributed by atoms with van der Waals surface area (Å²) in [6, 6.07) is 19.1. The molecule has 0 spiro atoms. The van der Waals surface area contributed by atoms with Crippen LogP contribution in [0, 0.1) is 0 Å². The predicted molar refractivity (Wildman–Crippen MR) is 117 cm³/mol. The normalized spacial score (nSPS) is 17.1. The van der Waals surface area contributed by atoms with Gasteiger partial charge in [0.05, 0.1) is 11.4 Å². The van der Waals surface area contributed by atoms with Gasteiger partial charge >= 0.3 is 0 Å². The van der Waals surface area contributed by atoms with Gasteiger partial charge in [-0.1, -0.05) is 73.1 Å². The van der Waals surface area contributed by atoms with Crippen molar-refractivity contribution >= 4 is 11.7 Å². The van der Waals surface area contributed by atoms with Gasteiger partial charge in [0.15, 0.2) is 0 Å². The second kappa shape index (κ2) is 8.86. The van der Waals surface area contributed by atoms with Crippen LogP contribution in [0.5, 0.6) is 0 Å². The highest BCUT2D eigenvalue weighted by atomic mass is 16.6. The molecule has 5 heteroatoms. The van der Waals surface area contributed by atoms with Crippen molar-refractivity contribution in [1.82, 2.24) is 9.97 Å². The van der Waals surface area contributed by atoms with Gasteiger partial charge in [0, 0.05) is 18.2 Å². The smallest absolute Gasteiger partial charge is 0.220 e. The second-order valence-electron chi connectivity index (χ2n) is 7.37. The van der Waals surface area contributed by atoms with Crippen molar-refractivity contribution in [3.8, 4) is 11.1 Å². The molecule has 0 amide bonds. The van der Waals surface area contributed by atoms with Crippen LogP contribution in [0.2, 0.25) is 0 Å². The number of hydrogen-bond donors (Lipinski definition) is 1. The molecule has 0 bridgehead atoms. The van der Waals surface area contributed by atoms with Crippen LogP contribution in [0.4, 0.5) is 5.95 Å². The zero-order valence-corrected chi connectivity index (χ0v) is 16.7. The number of nitrogens with zero attached hydrogens (tertiary/aromatic N) is 3.